The molecule has 1 rings (SSSR count). The Labute approximate surface area is 99.7 Å². The Kier molecular flexibility index (Phi) is 4.09. The van der Waals surface area contributed by atoms with Gasteiger partial charge in [-0.25, -0.2) is 0 Å². The molecule has 0 spiro atoms. The van der Waals surface area contributed by atoms with Gasteiger partial charge in [0.1, 0.15) is 0 Å². The van der Waals surface area contributed by atoms with Crippen LogP contribution in [0, 0.1) is 0 Å². The quantitative estimate of drug-likeness (QED) is 0.603. The molecule has 0 heterocycles. The molecule has 0 bridgehead atoms. The third-order valence-corrected chi connectivity index (χ3v) is 2.51. The number of primary amides is 1. The van der Waals surface area contributed by atoms with Gasteiger partial charge < -0.3 is 16.2 Å². The van der Waals surface area contributed by atoms with Gasteiger partial charge in [0.25, 0.3) is 5.91 Å². The number of hydrogen-bond acceptors (Lipinski definition) is 4. The molecule has 1 unspecified atom stereocenters. The van der Waals surface area contributed by atoms with Crippen LogP contribution >= 0.6 is 0 Å². The third-order valence-electron chi connectivity index (χ3n) is 2.51. The zero-order valence-electron chi connectivity index (χ0n) is 9.90. The molecule has 0 saturated heterocycles. The summed E-state index contributed by atoms with van der Waals surface area (Å²) in [5, 5.41) is 0. The van der Waals surface area contributed by atoms with Crippen molar-refractivity contribution in [1.82, 2.24) is 0 Å². The molecule has 0 aromatic heterocycles. The molecule has 17 heavy (non-hydrogen) atoms. The zero-order chi connectivity index (χ0) is 13.0. The van der Waals surface area contributed by atoms with E-state index in [9.17, 15) is 9.59 Å². The van der Waals surface area contributed by atoms with Crippen molar-refractivity contribution in [2.45, 2.75) is 19.8 Å². The van der Waals surface area contributed by atoms with Gasteiger partial charge in [0.2, 0.25) is 0 Å². The Balaban J connectivity index is 3.10. The first-order valence-electron chi connectivity index (χ1n) is 5.33. The fourth-order valence-electron chi connectivity index (χ4n) is 1.57. The molecule has 4 N–H and O–H groups in total. The van der Waals surface area contributed by atoms with E-state index in [1.165, 1.54) is 6.07 Å². The van der Waals surface area contributed by atoms with E-state index in [4.69, 9.17) is 16.2 Å². The van der Waals surface area contributed by atoms with Crippen molar-refractivity contribution >= 4 is 17.6 Å². The molecule has 0 aliphatic carbocycles. The van der Waals surface area contributed by atoms with Crippen molar-refractivity contribution < 1.29 is 14.3 Å². The minimum atomic E-state index is -0.611. The predicted molar refractivity (Wildman–Crippen MR) is 64.4 cm³/mol. The van der Waals surface area contributed by atoms with Gasteiger partial charge in [-0.05, 0) is 25.5 Å². The van der Waals surface area contributed by atoms with Crippen LogP contribution in [0.1, 0.15) is 35.7 Å². The molecule has 92 valence electrons. The minimum Gasteiger partial charge on any atom is -0.466 e. The maximum Gasteiger partial charge on any atom is 0.313 e. The Morgan fingerprint density at radius 1 is 1.41 bits per heavy atom. The van der Waals surface area contributed by atoms with E-state index in [1.54, 1.807) is 26.0 Å². The van der Waals surface area contributed by atoms with Crippen LogP contribution in [0.3, 0.4) is 0 Å². The van der Waals surface area contributed by atoms with Crippen molar-refractivity contribution in [2.24, 2.45) is 5.73 Å². The lowest BCUT2D eigenvalue weighted by Crippen LogP contribution is -2.18. The summed E-state index contributed by atoms with van der Waals surface area (Å²) in [5.74, 6) is -1.50. The van der Waals surface area contributed by atoms with Crippen LogP contribution in [-0.4, -0.2) is 18.5 Å². The number of para-hydroxylation sites is 1. The summed E-state index contributed by atoms with van der Waals surface area (Å²) in [6, 6.07) is 4.85. The molecule has 1 aromatic rings. The third kappa shape index (κ3) is 2.75. The number of hydrogen-bond donors (Lipinski definition) is 2. The summed E-state index contributed by atoms with van der Waals surface area (Å²) >= 11 is 0. The highest BCUT2D eigenvalue weighted by Gasteiger charge is 2.21. The Morgan fingerprint density at radius 2 is 2.06 bits per heavy atom. The average molecular weight is 236 g/mol. The van der Waals surface area contributed by atoms with Gasteiger partial charge >= 0.3 is 5.97 Å². The standard InChI is InChI=1S/C12H16N2O3/c1-3-17-12(16)7(2)8-5-4-6-9(10(8)13)11(14)15/h4-7H,3,13H2,1-2H3,(H2,14,15). The van der Waals surface area contributed by atoms with Crippen LogP contribution in [0.15, 0.2) is 18.2 Å². The number of nitrogen functional groups attached to an aromatic ring is 1. The largest absolute Gasteiger partial charge is 0.466 e. The number of rotatable bonds is 4. The second-order valence-corrected chi connectivity index (χ2v) is 3.65. The molecule has 5 heteroatoms. The predicted octanol–water partition coefficient (Wildman–Crippen LogP) is 1.03. The fraction of sp³-hybridized carbons (Fsp3) is 0.333. The number of carbonyl (C=O) groups is 2. The average Bonchev–Trinajstić information content (AvgIpc) is 2.28. The zero-order valence-corrected chi connectivity index (χ0v) is 9.90. The van der Waals surface area contributed by atoms with E-state index in [0.29, 0.717) is 12.2 Å². The van der Waals surface area contributed by atoms with Crippen LogP contribution in [0.5, 0.6) is 0 Å². The number of amides is 1. The Hall–Kier alpha value is -2.04. The van der Waals surface area contributed by atoms with Gasteiger partial charge in [-0.15, -0.1) is 0 Å². The number of nitrogens with two attached hydrogens (primary N) is 2. The summed E-state index contributed by atoms with van der Waals surface area (Å²) in [6.45, 7) is 3.71. The molecule has 0 aliphatic heterocycles. The maximum absolute atomic E-state index is 11.6. The van der Waals surface area contributed by atoms with Crippen molar-refractivity contribution in [3.8, 4) is 0 Å². The van der Waals surface area contributed by atoms with Gasteiger partial charge in [0.15, 0.2) is 0 Å². The van der Waals surface area contributed by atoms with E-state index in [1.807, 2.05) is 0 Å². The second kappa shape index (κ2) is 5.34. The summed E-state index contributed by atoms with van der Waals surface area (Å²) in [7, 11) is 0. The molecule has 5 nitrogen and oxygen atoms in total. The van der Waals surface area contributed by atoms with Crippen molar-refractivity contribution in [1.29, 1.82) is 0 Å². The smallest absolute Gasteiger partial charge is 0.313 e. The van der Waals surface area contributed by atoms with Crippen LogP contribution in [0.4, 0.5) is 5.69 Å². The van der Waals surface area contributed by atoms with Crippen LogP contribution in [0.25, 0.3) is 0 Å². The lowest BCUT2D eigenvalue weighted by molar-refractivity contribution is -0.144. The monoisotopic (exact) mass is 236 g/mol. The first kappa shape index (κ1) is 13.0. The van der Waals surface area contributed by atoms with Crippen molar-refractivity contribution in [2.75, 3.05) is 12.3 Å². The number of esters is 1. The summed E-state index contributed by atoms with van der Waals surface area (Å²) < 4.78 is 4.90. The molecule has 0 radical (unpaired) electrons. The van der Waals surface area contributed by atoms with E-state index < -0.39 is 11.8 Å². The molecule has 0 aliphatic rings. The lowest BCUT2D eigenvalue weighted by Gasteiger charge is -2.14. The fourth-order valence-corrected chi connectivity index (χ4v) is 1.57. The number of anilines is 1. The van der Waals surface area contributed by atoms with E-state index >= 15 is 0 Å². The molecule has 1 aromatic carbocycles. The second-order valence-electron chi connectivity index (χ2n) is 3.65. The lowest BCUT2D eigenvalue weighted by atomic mass is 9.96. The van der Waals surface area contributed by atoms with Gasteiger partial charge in [0.05, 0.1) is 18.1 Å². The highest BCUT2D eigenvalue weighted by atomic mass is 16.5. The maximum atomic E-state index is 11.6. The molecule has 1 atom stereocenters. The van der Waals surface area contributed by atoms with Gasteiger partial charge in [-0.2, -0.15) is 0 Å². The SMILES string of the molecule is CCOC(=O)C(C)c1cccc(C(N)=O)c1N. The van der Waals surface area contributed by atoms with Gasteiger partial charge in [0, 0.05) is 5.69 Å². The van der Waals surface area contributed by atoms with Crippen LogP contribution < -0.4 is 11.5 Å². The van der Waals surface area contributed by atoms with Crippen molar-refractivity contribution in [3.05, 3.63) is 29.3 Å². The first-order chi connectivity index (χ1) is 7.99. The highest BCUT2D eigenvalue weighted by Crippen LogP contribution is 2.26. The summed E-state index contributed by atoms with van der Waals surface area (Å²) in [4.78, 5) is 22.7. The Bertz CT molecular complexity index is 443. The molecular formula is C12H16N2O3. The topological polar surface area (TPSA) is 95.4 Å². The van der Waals surface area contributed by atoms with E-state index in [0.717, 1.165) is 0 Å². The first-order valence-corrected chi connectivity index (χ1v) is 5.33. The molecule has 0 fully saturated rings. The molecule has 1 amide bonds. The van der Waals surface area contributed by atoms with E-state index in [2.05, 4.69) is 0 Å². The normalized spacial score (nSPS) is 11.9. The van der Waals surface area contributed by atoms with Crippen LogP contribution in [-0.2, 0) is 9.53 Å². The van der Waals surface area contributed by atoms with E-state index in [-0.39, 0.29) is 17.2 Å². The van der Waals surface area contributed by atoms with Gasteiger partial charge in [-0.1, -0.05) is 12.1 Å². The highest BCUT2D eigenvalue weighted by molar-refractivity contribution is 5.99. The van der Waals surface area contributed by atoms with Gasteiger partial charge in [-0.3, -0.25) is 9.59 Å². The summed E-state index contributed by atoms with van der Waals surface area (Å²) in [5.41, 5.74) is 12.0. The molecular weight excluding hydrogens is 220 g/mol. The Morgan fingerprint density at radius 3 is 2.59 bits per heavy atom. The van der Waals surface area contributed by atoms with Crippen LogP contribution in [0.2, 0.25) is 0 Å². The summed E-state index contributed by atoms with van der Waals surface area (Å²) in [6.07, 6.45) is 0. The number of benzene rings is 1. The minimum absolute atomic E-state index is 0.221. The number of carbonyl (C=O) groups excluding carboxylic acids is 2. The molecule has 0 saturated carbocycles. The number of ether oxygens (including phenoxy) is 1. The van der Waals surface area contributed by atoms with Crippen molar-refractivity contribution in [3.63, 3.8) is 0 Å².